The van der Waals surface area contributed by atoms with Crippen molar-refractivity contribution in [3.05, 3.63) is 5.89 Å². The van der Waals surface area contributed by atoms with Crippen LogP contribution in [-0.4, -0.2) is 34.2 Å². The summed E-state index contributed by atoms with van der Waals surface area (Å²) in [7, 11) is 0. The highest BCUT2D eigenvalue weighted by Gasteiger charge is 2.22. The Bertz CT molecular complexity index is 462. The Labute approximate surface area is 125 Å². The smallest absolute Gasteiger partial charge is 0.315 e. The van der Waals surface area contributed by atoms with Gasteiger partial charge in [0.15, 0.2) is 0 Å². The molecule has 0 atom stereocenters. The number of hydrogen-bond donors (Lipinski definition) is 3. The molecule has 0 radical (unpaired) electrons. The summed E-state index contributed by atoms with van der Waals surface area (Å²) in [6, 6.07) is 0.836. The molecule has 1 saturated carbocycles. The van der Waals surface area contributed by atoms with Crippen LogP contribution in [0.15, 0.2) is 4.42 Å². The number of nitrogens with zero attached hydrogens (tertiary/aromatic N) is 2. The van der Waals surface area contributed by atoms with Crippen molar-refractivity contribution in [3.8, 4) is 0 Å². The van der Waals surface area contributed by atoms with E-state index in [2.05, 4.69) is 46.9 Å². The van der Waals surface area contributed by atoms with Crippen LogP contribution in [0.3, 0.4) is 0 Å². The highest BCUT2D eigenvalue weighted by atomic mass is 16.4. The lowest BCUT2D eigenvalue weighted by molar-refractivity contribution is -0.121. The van der Waals surface area contributed by atoms with Crippen LogP contribution in [0.5, 0.6) is 0 Å². The monoisotopic (exact) mass is 295 g/mol. The molecular weight excluding hydrogens is 270 g/mol. The largest absolute Gasteiger partial charge is 0.407 e. The van der Waals surface area contributed by atoms with Gasteiger partial charge in [-0.15, -0.1) is 5.10 Å². The second-order valence-corrected chi connectivity index (χ2v) is 6.48. The zero-order valence-corrected chi connectivity index (χ0v) is 13.0. The molecule has 0 aromatic carbocycles. The third kappa shape index (κ3) is 6.57. The van der Waals surface area contributed by atoms with Crippen LogP contribution >= 0.6 is 0 Å². The molecule has 1 aromatic heterocycles. The van der Waals surface area contributed by atoms with Gasteiger partial charge in [0.25, 0.3) is 0 Å². The molecule has 1 fully saturated rings. The number of nitrogens with one attached hydrogen (secondary N) is 3. The van der Waals surface area contributed by atoms with E-state index in [0.29, 0.717) is 37.5 Å². The standard InChI is InChI=1S/C14H25N5O2/c1-14(2,3)16-9-12-18-19-13(21-12)15-8-4-5-11(20)17-10-6-7-10/h10,16H,4-9H2,1-3H3,(H,15,19)(H,17,20). The predicted octanol–water partition coefficient (Wildman–Crippen LogP) is 1.43. The summed E-state index contributed by atoms with van der Waals surface area (Å²) >= 11 is 0. The molecule has 1 aliphatic carbocycles. The molecule has 3 N–H and O–H groups in total. The number of amides is 1. The van der Waals surface area contributed by atoms with E-state index in [0.717, 1.165) is 19.3 Å². The maximum absolute atomic E-state index is 11.5. The van der Waals surface area contributed by atoms with Crippen molar-refractivity contribution in [2.45, 2.75) is 64.6 Å². The van der Waals surface area contributed by atoms with Gasteiger partial charge in [-0.1, -0.05) is 5.10 Å². The van der Waals surface area contributed by atoms with Gasteiger partial charge in [0.05, 0.1) is 6.54 Å². The van der Waals surface area contributed by atoms with Crippen molar-refractivity contribution in [2.24, 2.45) is 0 Å². The number of rotatable bonds is 8. The molecule has 21 heavy (non-hydrogen) atoms. The van der Waals surface area contributed by atoms with Crippen LogP contribution in [0, 0.1) is 0 Å². The van der Waals surface area contributed by atoms with Gasteiger partial charge in [-0.25, -0.2) is 0 Å². The number of carbonyl (C=O) groups is 1. The van der Waals surface area contributed by atoms with Crippen LogP contribution in [0.2, 0.25) is 0 Å². The van der Waals surface area contributed by atoms with E-state index >= 15 is 0 Å². The van der Waals surface area contributed by atoms with Gasteiger partial charge < -0.3 is 20.4 Å². The quantitative estimate of drug-likeness (QED) is 0.628. The molecule has 0 unspecified atom stereocenters. The minimum atomic E-state index is 0.0109. The molecule has 0 spiro atoms. The lowest BCUT2D eigenvalue weighted by Gasteiger charge is -2.18. The maximum atomic E-state index is 11.5. The van der Waals surface area contributed by atoms with Crippen molar-refractivity contribution in [1.82, 2.24) is 20.8 Å². The van der Waals surface area contributed by atoms with E-state index in [-0.39, 0.29) is 11.4 Å². The predicted molar refractivity (Wildman–Crippen MR) is 79.8 cm³/mol. The van der Waals surface area contributed by atoms with Crippen LogP contribution < -0.4 is 16.0 Å². The van der Waals surface area contributed by atoms with Crippen LogP contribution in [0.25, 0.3) is 0 Å². The fourth-order valence-corrected chi connectivity index (χ4v) is 1.71. The lowest BCUT2D eigenvalue weighted by Crippen LogP contribution is -2.35. The lowest BCUT2D eigenvalue weighted by atomic mass is 10.1. The zero-order valence-electron chi connectivity index (χ0n) is 13.0. The van der Waals surface area contributed by atoms with E-state index in [1.54, 1.807) is 0 Å². The van der Waals surface area contributed by atoms with Gasteiger partial charge in [-0.2, -0.15) is 0 Å². The summed E-state index contributed by atoms with van der Waals surface area (Å²) in [6.45, 7) is 7.42. The summed E-state index contributed by atoms with van der Waals surface area (Å²) < 4.78 is 5.46. The summed E-state index contributed by atoms with van der Waals surface area (Å²) in [5.74, 6) is 0.679. The average Bonchev–Trinajstić information content (AvgIpc) is 3.08. The molecule has 1 aromatic rings. The van der Waals surface area contributed by atoms with Gasteiger partial charge in [0.2, 0.25) is 11.8 Å². The first-order valence-corrected chi connectivity index (χ1v) is 7.53. The molecule has 2 rings (SSSR count). The summed E-state index contributed by atoms with van der Waals surface area (Å²) in [4.78, 5) is 11.5. The molecule has 1 aliphatic rings. The molecule has 1 heterocycles. The fraction of sp³-hybridized carbons (Fsp3) is 0.786. The third-order valence-corrected chi connectivity index (χ3v) is 3.04. The normalized spacial score (nSPS) is 15.0. The Morgan fingerprint density at radius 2 is 2.10 bits per heavy atom. The number of hydrogen-bond acceptors (Lipinski definition) is 6. The van der Waals surface area contributed by atoms with Crippen LogP contribution in [-0.2, 0) is 11.3 Å². The molecule has 0 saturated heterocycles. The van der Waals surface area contributed by atoms with Gasteiger partial charge in [-0.05, 0) is 40.0 Å². The van der Waals surface area contributed by atoms with E-state index < -0.39 is 0 Å². The fourth-order valence-electron chi connectivity index (χ4n) is 1.71. The Morgan fingerprint density at radius 3 is 2.76 bits per heavy atom. The van der Waals surface area contributed by atoms with Crippen LogP contribution in [0.4, 0.5) is 6.01 Å². The number of anilines is 1. The molecule has 0 aliphatic heterocycles. The zero-order chi connectivity index (χ0) is 15.3. The van der Waals surface area contributed by atoms with Gasteiger partial charge in [-0.3, -0.25) is 4.79 Å². The Kier molecular flexibility index (Phi) is 5.17. The van der Waals surface area contributed by atoms with E-state index in [1.807, 2.05) is 0 Å². The summed E-state index contributed by atoms with van der Waals surface area (Å²) in [5.41, 5.74) is 0.0109. The third-order valence-electron chi connectivity index (χ3n) is 3.04. The molecule has 118 valence electrons. The van der Waals surface area contributed by atoms with E-state index in [1.165, 1.54) is 0 Å². The van der Waals surface area contributed by atoms with E-state index in [4.69, 9.17) is 4.42 Å². The Hall–Kier alpha value is -1.63. The van der Waals surface area contributed by atoms with Gasteiger partial charge in [0, 0.05) is 24.5 Å². The minimum Gasteiger partial charge on any atom is -0.407 e. The molecular formula is C14H25N5O2. The second-order valence-electron chi connectivity index (χ2n) is 6.48. The first-order valence-electron chi connectivity index (χ1n) is 7.53. The molecule has 7 nitrogen and oxygen atoms in total. The molecule has 1 amide bonds. The SMILES string of the molecule is CC(C)(C)NCc1nnc(NCCCC(=O)NC2CC2)o1. The first-order chi connectivity index (χ1) is 9.92. The molecule has 7 heteroatoms. The summed E-state index contributed by atoms with van der Waals surface area (Å²) in [6.07, 6.45) is 3.52. The minimum absolute atomic E-state index is 0.0109. The van der Waals surface area contributed by atoms with E-state index in [9.17, 15) is 4.79 Å². The highest BCUT2D eigenvalue weighted by molar-refractivity contribution is 5.76. The van der Waals surface area contributed by atoms with Crippen molar-refractivity contribution in [3.63, 3.8) is 0 Å². The first kappa shape index (κ1) is 15.8. The van der Waals surface area contributed by atoms with Crippen molar-refractivity contribution in [1.29, 1.82) is 0 Å². The highest BCUT2D eigenvalue weighted by Crippen LogP contribution is 2.18. The van der Waals surface area contributed by atoms with Crippen LogP contribution in [0.1, 0.15) is 52.3 Å². The van der Waals surface area contributed by atoms with Crippen molar-refractivity contribution in [2.75, 3.05) is 11.9 Å². The summed E-state index contributed by atoms with van der Waals surface area (Å²) in [5, 5.41) is 17.2. The van der Waals surface area contributed by atoms with Gasteiger partial charge in [0.1, 0.15) is 0 Å². The Morgan fingerprint density at radius 1 is 1.33 bits per heavy atom. The topological polar surface area (TPSA) is 92.1 Å². The average molecular weight is 295 g/mol. The van der Waals surface area contributed by atoms with Gasteiger partial charge >= 0.3 is 6.01 Å². The van der Waals surface area contributed by atoms with Crippen molar-refractivity contribution < 1.29 is 9.21 Å². The second kappa shape index (κ2) is 6.89. The molecule has 0 bridgehead atoms. The maximum Gasteiger partial charge on any atom is 0.315 e. The Balaban J connectivity index is 1.60. The number of aromatic nitrogens is 2. The van der Waals surface area contributed by atoms with Crippen molar-refractivity contribution >= 4 is 11.9 Å². The number of carbonyl (C=O) groups excluding carboxylic acids is 1.